The normalized spacial score (nSPS) is 29.3. The lowest BCUT2D eigenvalue weighted by atomic mass is 10.1. The minimum atomic E-state index is 0.161. The van der Waals surface area contributed by atoms with Crippen molar-refractivity contribution in [3.8, 4) is 0 Å². The van der Waals surface area contributed by atoms with E-state index in [9.17, 15) is 4.79 Å². The maximum Gasteiger partial charge on any atom is 0.225 e. The van der Waals surface area contributed by atoms with E-state index in [2.05, 4.69) is 13.8 Å². The molecule has 1 rings (SSSR count). The molecule has 3 heteroatoms. The summed E-state index contributed by atoms with van der Waals surface area (Å²) in [6.45, 7) is 7.75. The van der Waals surface area contributed by atoms with E-state index < -0.39 is 0 Å². The Morgan fingerprint density at radius 1 is 1.64 bits per heavy atom. The molecule has 0 aromatic rings. The molecule has 3 unspecified atom stereocenters. The Morgan fingerprint density at radius 2 is 2.29 bits per heavy atom. The Kier molecular flexibility index (Phi) is 3.93. The van der Waals surface area contributed by atoms with Crippen molar-refractivity contribution in [2.75, 3.05) is 13.1 Å². The molecule has 1 heterocycles. The summed E-state index contributed by atoms with van der Waals surface area (Å²) in [6, 6.07) is 0.380. The summed E-state index contributed by atoms with van der Waals surface area (Å²) < 4.78 is 0. The topological polar surface area (TPSA) is 46.3 Å². The first-order valence-electron chi connectivity index (χ1n) is 5.60. The lowest BCUT2D eigenvalue weighted by molar-refractivity contribution is -0.135. The van der Waals surface area contributed by atoms with E-state index in [-0.39, 0.29) is 5.92 Å². The third kappa shape index (κ3) is 2.27. The average Bonchev–Trinajstić information content (AvgIpc) is 2.57. The van der Waals surface area contributed by atoms with Crippen molar-refractivity contribution in [1.82, 2.24) is 4.90 Å². The highest BCUT2D eigenvalue weighted by Crippen LogP contribution is 2.24. The fourth-order valence-corrected chi connectivity index (χ4v) is 2.08. The molecule has 0 bridgehead atoms. The predicted molar refractivity (Wildman–Crippen MR) is 57.8 cm³/mol. The van der Waals surface area contributed by atoms with Crippen LogP contribution in [-0.2, 0) is 4.79 Å². The molecule has 82 valence electrons. The van der Waals surface area contributed by atoms with Crippen molar-refractivity contribution in [2.45, 2.75) is 39.7 Å². The summed E-state index contributed by atoms with van der Waals surface area (Å²) in [7, 11) is 0. The van der Waals surface area contributed by atoms with Crippen LogP contribution in [0, 0.1) is 11.8 Å². The summed E-state index contributed by atoms with van der Waals surface area (Å²) in [4.78, 5) is 13.9. The van der Waals surface area contributed by atoms with Crippen LogP contribution in [0.25, 0.3) is 0 Å². The van der Waals surface area contributed by atoms with Gasteiger partial charge in [-0.15, -0.1) is 0 Å². The van der Waals surface area contributed by atoms with Gasteiger partial charge < -0.3 is 10.6 Å². The number of nitrogens with two attached hydrogens (primary N) is 1. The molecule has 0 aliphatic carbocycles. The number of carbonyl (C=O) groups excluding carboxylic acids is 1. The zero-order valence-electron chi connectivity index (χ0n) is 9.49. The van der Waals surface area contributed by atoms with Gasteiger partial charge in [0.1, 0.15) is 0 Å². The van der Waals surface area contributed by atoms with Gasteiger partial charge in [0.05, 0.1) is 0 Å². The average molecular weight is 198 g/mol. The summed E-state index contributed by atoms with van der Waals surface area (Å²) in [5.74, 6) is 0.975. The molecule has 1 aliphatic rings. The first kappa shape index (κ1) is 11.5. The number of rotatable bonds is 3. The second-order valence-corrected chi connectivity index (χ2v) is 4.49. The first-order chi connectivity index (χ1) is 6.60. The Bertz CT molecular complexity index is 205. The molecule has 3 atom stereocenters. The molecule has 0 radical (unpaired) electrons. The number of hydrogen-bond donors (Lipinski definition) is 1. The molecule has 1 amide bonds. The number of carbonyl (C=O) groups is 1. The summed E-state index contributed by atoms with van der Waals surface area (Å²) in [6.07, 6.45) is 1.99. The molecule has 1 fully saturated rings. The minimum absolute atomic E-state index is 0.161. The molecule has 0 aromatic heterocycles. The van der Waals surface area contributed by atoms with Crippen molar-refractivity contribution in [3.05, 3.63) is 0 Å². The van der Waals surface area contributed by atoms with E-state index in [1.54, 1.807) is 0 Å². The maximum absolute atomic E-state index is 11.9. The van der Waals surface area contributed by atoms with Gasteiger partial charge in [0.15, 0.2) is 0 Å². The standard InChI is InChI=1S/C11H22N2O/c1-4-8(2)11(14)13-7-10(6-12)5-9(13)3/h8-10H,4-7,12H2,1-3H3. The van der Waals surface area contributed by atoms with E-state index in [1.807, 2.05) is 11.8 Å². The van der Waals surface area contributed by atoms with Gasteiger partial charge in [-0.1, -0.05) is 13.8 Å². The number of amides is 1. The molecular weight excluding hydrogens is 176 g/mol. The third-order valence-electron chi connectivity index (χ3n) is 3.31. The largest absolute Gasteiger partial charge is 0.339 e. The van der Waals surface area contributed by atoms with Crippen LogP contribution in [0.2, 0.25) is 0 Å². The molecule has 0 spiro atoms. The highest BCUT2D eigenvalue weighted by atomic mass is 16.2. The van der Waals surface area contributed by atoms with Gasteiger partial charge in [-0.3, -0.25) is 4.79 Å². The Balaban J connectivity index is 2.56. The highest BCUT2D eigenvalue weighted by Gasteiger charge is 2.32. The zero-order valence-corrected chi connectivity index (χ0v) is 9.49. The van der Waals surface area contributed by atoms with Gasteiger partial charge in [0, 0.05) is 18.5 Å². The van der Waals surface area contributed by atoms with Crippen LogP contribution in [0.5, 0.6) is 0 Å². The lowest BCUT2D eigenvalue weighted by Crippen LogP contribution is -2.37. The van der Waals surface area contributed by atoms with Gasteiger partial charge in [-0.25, -0.2) is 0 Å². The first-order valence-corrected chi connectivity index (χ1v) is 5.60. The van der Waals surface area contributed by atoms with Crippen molar-refractivity contribution < 1.29 is 4.79 Å². The Hall–Kier alpha value is -0.570. The molecule has 1 saturated heterocycles. The summed E-state index contributed by atoms with van der Waals surface area (Å²) in [5.41, 5.74) is 5.63. The van der Waals surface area contributed by atoms with Crippen molar-refractivity contribution in [3.63, 3.8) is 0 Å². The van der Waals surface area contributed by atoms with Gasteiger partial charge in [0.25, 0.3) is 0 Å². The van der Waals surface area contributed by atoms with Crippen LogP contribution < -0.4 is 5.73 Å². The van der Waals surface area contributed by atoms with Crippen LogP contribution in [0.3, 0.4) is 0 Å². The van der Waals surface area contributed by atoms with Crippen LogP contribution in [-0.4, -0.2) is 29.9 Å². The smallest absolute Gasteiger partial charge is 0.225 e. The molecule has 1 aliphatic heterocycles. The van der Waals surface area contributed by atoms with Crippen molar-refractivity contribution in [1.29, 1.82) is 0 Å². The summed E-state index contributed by atoms with van der Waals surface area (Å²) in [5, 5.41) is 0. The summed E-state index contributed by atoms with van der Waals surface area (Å²) >= 11 is 0. The van der Waals surface area contributed by atoms with E-state index in [4.69, 9.17) is 5.73 Å². The molecular formula is C11H22N2O. The van der Waals surface area contributed by atoms with Crippen LogP contribution >= 0.6 is 0 Å². The van der Waals surface area contributed by atoms with Gasteiger partial charge in [-0.05, 0) is 32.2 Å². The predicted octanol–water partition coefficient (Wildman–Crippen LogP) is 1.23. The van der Waals surface area contributed by atoms with E-state index >= 15 is 0 Å². The highest BCUT2D eigenvalue weighted by molar-refractivity contribution is 5.79. The lowest BCUT2D eigenvalue weighted by Gasteiger charge is -2.24. The van der Waals surface area contributed by atoms with Crippen LogP contribution in [0.4, 0.5) is 0 Å². The van der Waals surface area contributed by atoms with E-state index in [0.717, 1.165) is 19.4 Å². The second-order valence-electron chi connectivity index (χ2n) is 4.49. The Labute approximate surface area is 86.6 Å². The van der Waals surface area contributed by atoms with Crippen molar-refractivity contribution in [2.24, 2.45) is 17.6 Å². The molecule has 0 aromatic carbocycles. The third-order valence-corrected chi connectivity index (χ3v) is 3.31. The van der Waals surface area contributed by atoms with Crippen LogP contribution in [0.1, 0.15) is 33.6 Å². The van der Waals surface area contributed by atoms with Gasteiger partial charge in [-0.2, -0.15) is 0 Å². The minimum Gasteiger partial charge on any atom is -0.339 e. The maximum atomic E-state index is 11.9. The number of nitrogens with zero attached hydrogens (tertiary/aromatic N) is 1. The molecule has 2 N–H and O–H groups in total. The monoisotopic (exact) mass is 198 g/mol. The van der Waals surface area contributed by atoms with Gasteiger partial charge in [0.2, 0.25) is 5.91 Å². The number of hydrogen-bond acceptors (Lipinski definition) is 2. The van der Waals surface area contributed by atoms with E-state index in [1.165, 1.54) is 0 Å². The molecule has 0 saturated carbocycles. The van der Waals surface area contributed by atoms with Gasteiger partial charge >= 0.3 is 0 Å². The molecule has 3 nitrogen and oxygen atoms in total. The van der Waals surface area contributed by atoms with Crippen molar-refractivity contribution >= 4 is 5.91 Å². The van der Waals surface area contributed by atoms with Crippen LogP contribution in [0.15, 0.2) is 0 Å². The van der Waals surface area contributed by atoms with E-state index in [0.29, 0.717) is 24.4 Å². The number of likely N-dealkylation sites (tertiary alicyclic amines) is 1. The second kappa shape index (κ2) is 4.78. The molecule has 14 heavy (non-hydrogen) atoms. The Morgan fingerprint density at radius 3 is 2.71 bits per heavy atom. The zero-order chi connectivity index (χ0) is 10.7. The SMILES string of the molecule is CCC(C)C(=O)N1CC(CN)CC1C. The fourth-order valence-electron chi connectivity index (χ4n) is 2.08. The quantitative estimate of drug-likeness (QED) is 0.741. The fraction of sp³-hybridized carbons (Fsp3) is 0.909.